The zero-order chi connectivity index (χ0) is 12.4. The van der Waals surface area contributed by atoms with Crippen LogP contribution in [0.4, 0.5) is 5.82 Å². The highest BCUT2D eigenvalue weighted by Crippen LogP contribution is 2.33. The topological polar surface area (TPSA) is 53.4 Å². The molecule has 0 aromatic carbocycles. The fraction of sp³-hybridized carbons (Fsp3) is 0.500. The lowest BCUT2D eigenvalue weighted by atomic mass is 10.2. The molecule has 1 aliphatic carbocycles. The zero-order valence-electron chi connectivity index (χ0n) is 9.69. The van der Waals surface area contributed by atoms with Gasteiger partial charge in [-0.3, -0.25) is 0 Å². The number of aromatic carboxylic acids is 1. The van der Waals surface area contributed by atoms with Crippen LogP contribution in [0.1, 0.15) is 36.5 Å². The van der Waals surface area contributed by atoms with Gasteiger partial charge in [-0.2, -0.15) is 0 Å². The van der Waals surface area contributed by atoms with Gasteiger partial charge in [-0.05, 0) is 41.3 Å². The summed E-state index contributed by atoms with van der Waals surface area (Å²) >= 11 is 3.26. The maximum absolute atomic E-state index is 11.2. The van der Waals surface area contributed by atoms with Gasteiger partial charge in [0.2, 0.25) is 0 Å². The molecular formula is C12H15BrN2O2. The van der Waals surface area contributed by atoms with Crippen molar-refractivity contribution in [1.82, 2.24) is 4.98 Å². The fourth-order valence-electron chi connectivity index (χ4n) is 1.91. The number of aromatic nitrogens is 1. The Kier molecular flexibility index (Phi) is 3.66. The van der Waals surface area contributed by atoms with E-state index in [1.807, 2.05) is 0 Å². The Morgan fingerprint density at radius 1 is 1.65 bits per heavy atom. The highest BCUT2D eigenvalue weighted by Gasteiger charge is 2.31. The van der Waals surface area contributed by atoms with Gasteiger partial charge >= 0.3 is 5.97 Å². The quantitative estimate of drug-likeness (QED) is 0.908. The highest BCUT2D eigenvalue weighted by molar-refractivity contribution is 9.10. The van der Waals surface area contributed by atoms with Crippen LogP contribution in [0.3, 0.4) is 0 Å². The second-order valence-electron chi connectivity index (χ2n) is 4.25. The van der Waals surface area contributed by atoms with Crippen LogP contribution in [-0.4, -0.2) is 28.6 Å². The van der Waals surface area contributed by atoms with Crippen molar-refractivity contribution in [1.29, 1.82) is 0 Å². The first kappa shape index (κ1) is 12.4. The number of anilines is 1. The van der Waals surface area contributed by atoms with E-state index in [-0.39, 0.29) is 5.56 Å². The summed E-state index contributed by atoms with van der Waals surface area (Å²) in [5.41, 5.74) is 0.278. The molecule has 1 saturated carbocycles. The molecule has 17 heavy (non-hydrogen) atoms. The number of halogens is 1. The van der Waals surface area contributed by atoms with E-state index < -0.39 is 5.97 Å². The third-order valence-electron chi connectivity index (χ3n) is 2.79. The van der Waals surface area contributed by atoms with Gasteiger partial charge in [0.15, 0.2) is 0 Å². The number of nitrogens with zero attached hydrogens (tertiary/aromatic N) is 2. The van der Waals surface area contributed by atoms with E-state index in [0.29, 0.717) is 16.3 Å². The van der Waals surface area contributed by atoms with Crippen molar-refractivity contribution >= 4 is 27.7 Å². The summed E-state index contributed by atoms with van der Waals surface area (Å²) in [5, 5.41) is 9.22. The van der Waals surface area contributed by atoms with Crippen LogP contribution in [0.15, 0.2) is 16.7 Å². The van der Waals surface area contributed by atoms with Crippen molar-refractivity contribution in [3.05, 3.63) is 22.3 Å². The van der Waals surface area contributed by atoms with Gasteiger partial charge in [0.1, 0.15) is 11.4 Å². The molecule has 0 unspecified atom stereocenters. The number of carboxylic acid groups (broad SMARTS) is 1. The lowest BCUT2D eigenvalue weighted by molar-refractivity contribution is 0.0697. The van der Waals surface area contributed by atoms with Gasteiger partial charge in [-0.15, -0.1) is 0 Å². The smallest absolute Gasteiger partial charge is 0.339 e. The Morgan fingerprint density at radius 2 is 2.35 bits per heavy atom. The number of carboxylic acids is 1. The van der Waals surface area contributed by atoms with E-state index in [1.54, 1.807) is 12.3 Å². The van der Waals surface area contributed by atoms with Crippen LogP contribution in [-0.2, 0) is 0 Å². The first-order valence-corrected chi connectivity index (χ1v) is 6.58. The van der Waals surface area contributed by atoms with Crippen LogP contribution >= 0.6 is 15.9 Å². The van der Waals surface area contributed by atoms with Crippen molar-refractivity contribution in [2.24, 2.45) is 0 Å². The largest absolute Gasteiger partial charge is 0.478 e. The summed E-state index contributed by atoms with van der Waals surface area (Å²) in [6.07, 6.45) is 4.92. The minimum absolute atomic E-state index is 0.278. The molecule has 1 N–H and O–H groups in total. The molecule has 1 fully saturated rings. The van der Waals surface area contributed by atoms with E-state index in [0.717, 1.165) is 25.8 Å². The van der Waals surface area contributed by atoms with Gasteiger partial charge in [-0.25, -0.2) is 9.78 Å². The fourth-order valence-corrected chi connectivity index (χ4v) is 2.24. The van der Waals surface area contributed by atoms with E-state index in [9.17, 15) is 9.90 Å². The predicted molar refractivity (Wildman–Crippen MR) is 69.6 cm³/mol. The molecule has 0 amide bonds. The molecule has 92 valence electrons. The third-order valence-corrected chi connectivity index (χ3v) is 3.22. The van der Waals surface area contributed by atoms with E-state index in [4.69, 9.17) is 0 Å². The van der Waals surface area contributed by atoms with Crippen molar-refractivity contribution in [3.63, 3.8) is 0 Å². The van der Waals surface area contributed by atoms with Crippen LogP contribution < -0.4 is 4.90 Å². The molecule has 5 heteroatoms. The van der Waals surface area contributed by atoms with Gasteiger partial charge in [-0.1, -0.05) is 6.92 Å². The summed E-state index contributed by atoms with van der Waals surface area (Å²) in [4.78, 5) is 17.6. The first-order chi connectivity index (χ1) is 8.13. The standard InChI is InChI=1S/C12H15BrN2O2/c1-2-5-15(9-3-4-9)11-10(12(16)17)6-8(13)7-14-11/h6-7,9H,2-5H2,1H3,(H,16,17). The van der Waals surface area contributed by atoms with Crippen molar-refractivity contribution < 1.29 is 9.90 Å². The number of carbonyl (C=O) groups is 1. The van der Waals surface area contributed by atoms with Crippen LogP contribution in [0.5, 0.6) is 0 Å². The molecule has 0 atom stereocenters. The lowest BCUT2D eigenvalue weighted by Gasteiger charge is -2.24. The average molecular weight is 299 g/mol. The van der Waals surface area contributed by atoms with Crippen LogP contribution in [0, 0.1) is 0 Å². The molecule has 1 aromatic rings. The monoisotopic (exact) mass is 298 g/mol. The summed E-state index contributed by atoms with van der Waals surface area (Å²) in [5.74, 6) is -0.319. The Bertz CT molecular complexity index is 433. The summed E-state index contributed by atoms with van der Waals surface area (Å²) in [7, 11) is 0. The average Bonchev–Trinajstić information content (AvgIpc) is 3.10. The zero-order valence-corrected chi connectivity index (χ0v) is 11.3. The van der Waals surface area contributed by atoms with Crippen molar-refractivity contribution in [2.45, 2.75) is 32.2 Å². The summed E-state index contributed by atoms with van der Waals surface area (Å²) < 4.78 is 0.700. The third kappa shape index (κ3) is 2.77. The number of hydrogen-bond acceptors (Lipinski definition) is 3. The summed E-state index contributed by atoms with van der Waals surface area (Å²) in [6, 6.07) is 2.09. The highest BCUT2D eigenvalue weighted by atomic mass is 79.9. The van der Waals surface area contributed by atoms with Gasteiger partial charge in [0.05, 0.1) is 0 Å². The Labute approximate surface area is 109 Å². The minimum Gasteiger partial charge on any atom is -0.478 e. The molecule has 0 aliphatic heterocycles. The minimum atomic E-state index is -0.921. The van der Waals surface area contributed by atoms with Crippen molar-refractivity contribution in [3.8, 4) is 0 Å². The number of hydrogen-bond donors (Lipinski definition) is 1. The maximum Gasteiger partial charge on any atom is 0.339 e. The second-order valence-corrected chi connectivity index (χ2v) is 5.17. The van der Waals surface area contributed by atoms with Gasteiger partial charge in [0, 0.05) is 23.3 Å². The van der Waals surface area contributed by atoms with Gasteiger partial charge < -0.3 is 10.0 Å². The molecular weight excluding hydrogens is 284 g/mol. The molecule has 0 radical (unpaired) electrons. The summed E-state index contributed by atoms with van der Waals surface area (Å²) in [6.45, 7) is 2.95. The molecule has 0 bridgehead atoms. The van der Waals surface area contributed by atoms with E-state index >= 15 is 0 Å². The predicted octanol–water partition coefficient (Wildman–Crippen LogP) is 2.92. The SMILES string of the molecule is CCCN(c1ncc(Br)cc1C(=O)O)C1CC1. The molecule has 1 aliphatic rings. The molecule has 4 nitrogen and oxygen atoms in total. The first-order valence-electron chi connectivity index (χ1n) is 5.79. The van der Waals surface area contributed by atoms with Crippen molar-refractivity contribution in [2.75, 3.05) is 11.4 Å². The normalized spacial score (nSPS) is 14.7. The maximum atomic E-state index is 11.2. The molecule has 0 spiro atoms. The van der Waals surface area contributed by atoms with E-state index in [2.05, 4.69) is 32.7 Å². The van der Waals surface area contributed by atoms with E-state index in [1.165, 1.54) is 0 Å². The Morgan fingerprint density at radius 3 is 2.88 bits per heavy atom. The molecule has 2 rings (SSSR count). The van der Waals surface area contributed by atoms with Gasteiger partial charge in [0.25, 0.3) is 0 Å². The lowest BCUT2D eigenvalue weighted by Crippen LogP contribution is -2.29. The Hall–Kier alpha value is -1.10. The number of rotatable bonds is 5. The molecule has 0 saturated heterocycles. The second kappa shape index (κ2) is 5.04. The number of pyridine rings is 1. The van der Waals surface area contributed by atoms with Crippen LogP contribution in [0.25, 0.3) is 0 Å². The molecule has 1 aromatic heterocycles. The Balaban J connectivity index is 2.37. The molecule has 1 heterocycles. The van der Waals surface area contributed by atoms with Crippen LogP contribution in [0.2, 0.25) is 0 Å².